The summed E-state index contributed by atoms with van der Waals surface area (Å²) in [6.45, 7) is 1.90. The van der Waals surface area contributed by atoms with Crippen LogP contribution in [-0.2, 0) is 29.1 Å². The summed E-state index contributed by atoms with van der Waals surface area (Å²) in [6.07, 6.45) is -0.725. The van der Waals surface area contributed by atoms with Gasteiger partial charge in [-0.1, -0.05) is 25.5 Å². The van der Waals surface area contributed by atoms with Gasteiger partial charge in [-0.05, 0) is 43.2 Å². The zero-order valence-corrected chi connectivity index (χ0v) is 23.1. The van der Waals surface area contributed by atoms with Crippen molar-refractivity contribution in [1.82, 2.24) is 4.90 Å². The maximum Gasteiger partial charge on any atom is 0.418 e. The summed E-state index contributed by atoms with van der Waals surface area (Å²) in [6, 6.07) is 8.25. The van der Waals surface area contributed by atoms with Crippen molar-refractivity contribution in [2.45, 2.75) is 43.2 Å². The van der Waals surface area contributed by atoms with Crippen LogP contribution in [0.4, 0.5) is 16.2 Å². The van der Waals surface area contributed by atoms with Crippen LogP contribution in [0.15, 0.2) is 51.8 Å². The number of nitrogens with one attached hydrogen (secondary N) is 1. The first-order valence-electron chi connectivity index (χ1n) is 12.3. The van der Waals surface area contributed by atoms with E-state index in [-0.39, 0.29) is 34.0 Å². The fraction of sp³-hybridized carbons (Fsp3) is 0.346. The molecule has 14 heteroatoms. The topological polar surface area (TPSA) is 161 Å². The minimum atomic E-state index is -4.31. The molecule has 2 aromatic rings. The van der Waals surface area contributed by atoms with E-state index in [1.54, 1.807) is 6.07 Å². The Morgan fingerprint density at radius 3 is 2.55 bits per heavy atom. The van der Waals surface area contributed by atoms with E-state index in [1.165, 1.54) is 62.6 Å². The second-order valence-electron chi connectivity index (χ2n) is 8.97. The third-order valence-electron chi connectivity index (χ3n) is 6.46. The van der Waals surface area contributed by atoms with E-state index < -0.39 is 51.9 Å². The highest BCUT2D eigenvalue weighted by Gasteiger charge is 2.51. The van der Waals surface area contributed by atoms with Gasteiger partial charge in [0.05, 0.1) is 31.2 Å². The van der Waals surface area contributed by atoms with Gasteiger partial charge in [-0.25, -0.2) is 14.5 Å². The number of amidine groups is 1. The minimum Gasteiger partial charge on any atom is -0.495 e. The lowest BCUT2D eigenvalue weighted by Crippen LogP contribution is -2.57. The first-order valence-corrected chi connectivity index (χ1v) is 13.8. The summed E-state index contributed by atoms with van der Waals surface area (Å²) < 4.78 is 45.4. The molecule has 1 saturated heterocycles. The molecule has 2 aliphatic heterocycles. The number of anilines is 2. The number of para-hydroxylation sites is 1. The maximum atomic E-state index is 13.9. The number of esters is 1. The average molecular weight is 573 g/mol. The molecule has 0 saturated carbocycles. The van der Waals surface area contributed by atoms with E-state index in [1.807, 2.05) is 6.92 Å². The number of cyclic esters (lactones) is 1. The molecule has 4 rings (SSSR count). The van der Waals surface area contributed by atoms with Crippen molar-refractivity contribution >= 4 is 51.1 Å². The van der Waals surface area contributed by atoms with Gasteiger partial charge in [-0.3, -0.25) is 9.59 Å². The van der Waals surface area contributed by atoms with Crippen LogP contribution in [0.2, 0.25) is 0 Å². The fourth-order valence-electron chi connectivity index (χ4n) is 4.42. The predicted octanol–water partition coefficient (Wildman–Crippen LogP) is 2.56. The molecular formula is C26H28N4O9S. The lowest BCUT2D eigenvalue weighted by molar-refractivity contribution is -0.133. The molecule has 2 atom stereocenters. The molecule has 0 aromatic heterocycles. The third-order valence-corrected chi connectivity index (χ3v) is 7.79. The lowest BCUT2D eigenvalue weighted by atomic mass is 10.1. The van der Waals surface area contributed by atoms with Gasteiger partial charge in [0.2, 0.25) is 0 Å². The molecule has 2 heterocycles. The number of unbranched alkanes of at least 4 members (excludes halogenated alkanes) is 1. The number of sulfonamides is 1. The van der Waals surface area contributed by atoms with Crippen molar-refractivity contribution < 1.29 is 41.8 Å². The van der Waals surface area contributed by atoms with E-state index >= 15 is 0 Å². The molecule has 0 radical (unpaired) electrons. The first kappa shape index (κ1) is 28.5. The number of carbonyl (C=O) groups excluding carboxylic acids is 4. The van der Waals surface area contributed by atoms with Gasteiger partial charge in [-0.2, -0.15) is 8.42 Å². The smallest absolute Gasteiger partial charge is 0.418 e. The number of methoxy groups -OCH3 is 2. The Bertz CT molecular complexity index is 1510. The van der Waals surface area contributed by atoms with Gasteiger partial charge in [0.25, 0.3) is 21.8 Å². The highest BCUT2D eigenvalue weighted by molar-refractivity contribution is 7.90. The van der Waals surface area contributed by atoms with E-state index in [4.69, 9.17) is 14.2 Å². The molecule has 1 N–H and O–H groups in total. The van der Waals surface area contributed by atoms with Crippen LogP contribution in [0.5, 0.6) is 5.75 Å². The number of fused-ring (bicyclic) bond motifs is 1. The van der Waals surface area contributed by atoms with Crippen molar-refractivity contribution in [3.63, 3.8) is 0 Å². The van der Waals surface area contributed by atoms with E-state index in [2.05, 4.69) is 9.71 Å². The number of hydrogen-bond donors (Lipinski definition) is 1. The Morgan fingerprint density at radius 1 is 1.15 bits per heavy atom. The third kappa shape index (κ3) is 5.21. The number of hydrogen-bond acceptors (Lipinski definition) is 10. The molecule has 1 fully saturated rings. The SMILES string of the molecule is CCCCC1OC(=O)N(C(C(=O)Nc2cc(C(=O)OC)ccc2OC)C2=NS(=O)(=O)c3ccccc3N2C)C1=O. The van der Waals surface area contributed by atoms with Crippen LogP contribution in [0.3, 0.4) is 0 Å². The first-order chi connectivity index (χ1) is 19.0. The van der Waals surface area contributed by atoms with Gasteiger partial charge < -0.3 is 24.4 Å². The van der Waals surface area contributed by atoms with Crippen molar-refractivity contribution in [2.24, 2.45) is 4.40 Å². The number of rotatable bonds is 9. The number of benzene rings is 2. The summed E-state index contributed by atoms with van der Waals surface area (Å²) in [5, 5.41) is 2.55. The maximum absolute atomic E-state index is 13.9. The Morgan fingerprint density at radius 2 is 1.88 bits per heavy atom. The molecule has 2 unspecified atom stereocenters. The molecule has 2 aromatic carbocycles. The monoisotopic (exact) mass is 572 g/mol. The standard InChI is InChI=1S/C26H28N4O9S/c1-5-6-10-19-24(32)30(26(34)39-19)21(22-28-40(35,36)20-11-8-7-9-17(20)29(22)2)23(31)27-16-14-15(25(33)38-4)12-13-18(16)37-3/h7-9,11-14,19,21H,5-6,10H2,1-4H3,(H,27,31). The van der Waals surface area contributed by atoms with E-state index in [0.29, 0.717) is 11.3 Å². The second-order valence-corrected chi connectivity index (χ2v) is 10.5. The predicted molar refractivity (Wildman–Crippen MR) is 143 cm³/mol. The quantitative estimate of drug-likeness (QED) is 0.442. The molecule has 0 bridgehead atoms. The average Bonchev–Trinajstić information content (AvgIpc) is 3.22. The van der Waals surface area contributed by atoms with Gasteiger partial charge in [0, 0.05) is 7.05 Å². The van der Waals surface area contributed by atoms with Crippen molar-refractivity contribution in [3.05, 3.63) is 48.0 Å². The summed E-state index contributed by atoms with van der Waals surface area (Å²) in [4.78, 5) is 54.2. The summed E-state index contributed by atoms with van der Waals surface area (Å²) in [7, 11) is -0.322. The Balaban J connectivity index is 1.82. The van der Waals surface area contributed by atoms with Gasteiger partial charge in [0.1, 0.15) is 10.6 Å². The number of likely N-dealkylation sites (N-methyl/N-ethyl adjacent to an activating group) is 1. The summed E-state index contributed by atoms with van der Waals surface area (Å²) in [5.41, 5.74) is 0.276. The number of carbonyl (C=O) groups is 4. The minimum absolute atomic E-state index is 0.00488. The van der Waals surface area contributed by atoms with Crippen molar-refractivity contribution in [3.8, 4) is 5.75 Å². The second kappa shape index (κ2) is 11.3. The molecule has 13 nitrogen and oxygen atoms in total. The summed E-state index contributed by atoms with van der Waals surface area (Å²) >= 11 is 0. The van der Waals surface area contributed by atoms with Crippen LogP contribution in [0.1, 0.15) is 36.5 Å². The van der Waals surface area contributed by atoms with Crippen LogP contribution in [0.25, 0.3) is 0 Å². The zero-order valence-electron chi connectivity index (χ0n) is 22.2. The molecule has 2 aliphatic rings. The van der Waals surface area contributed by atoms with Crippen LogP contribution in [-0.4, -0.2) is 76.4 Å². The molecule has 0 aliphatic carbocycles. The Kier molecular flexibility index (Phi) is 8.09. The van der Waals surface area contributed by atoms with Gasteiger partial charge >= 0.3 is 12.1 Å². The van der Waals surface area contributed by atoms with Crippen molar-refractivity contribution in [2.75, 3.05) is 31.5 Å². The fourth-order valence-corrected chi connectivity index (χ4v) is 5.71. The number of amides is 3. The highest BCUT2D eigenvalue weighted by atomic mass is 32.2. The number of nitrogens with zero attached hydrogens (tertiary/aromatic N) is 3. The lowest BCUT2D eigenvalue weighted by Gasteiger charge is -2.33. The van der Waals surface area contributed by atoms with E-state index in [0.717, 1.165) is 6.42 Å². The Labute approximate surface area is 230 Å². The largest absolute Gasteiger partial charge is 0.495 e. The van der Waals surface area contributed by atoms with E-state index in [9.17, 15) is 27.6 Å². The summed E-state index contributed by atoms with van der Waals surface area (Å²) in [5.74, 6) is -2.75. The highest BCUT2D eigenvalue weighted by Crippen LogP contribution is 2.34. The van der Waals surface area contributed by atoms with Crippen molar-refractivity contribution in [1.29, 1.82) is 0 Å². The van der Waals surface area contributed by atoms with Crippen LogP contribution >= 0.6 is 0 Å². The number of ether oxygens (including phenoxy) is 3. The molecule has 212 valence electrons. The normalized spacial score (nSPS) is 18.4. The van der Waals surface area contributed by atoms with Crippen LogP contribution in [0, 0.1) is 0 Å². The molecular weight excluding hydrogens is 544 g/mol. The molecule has 3 amide bonds. The molecule has 40 heavy (non-hydrogen) atoms. The molecule has 0 spiro atoms. The Hall–Kier alpha value is -4.46. The van der Waals surface area contributed by atoms with Gasteiger partial charge in [0.15, 0.2) is 18.0 Å². The van der Waals surface area contributed by atoms with Crippen LogP contribution < -0.4 is 15.0 Å². The number of imide groups is 1. The van der Waals surface area contributed by atoms with Gasteiger partial charge in [-0.15, -0.1) is 4.40 Å². The zero-order chi connectivity index (χ0) is 29.2.